The Hall–Kier alpha value is -0.0200. The molecule has 3 heteroatoms. The zero-order valence-corrected chi connectivity index (χ0v) is 13.6. The fraction of sp³-hybridized carbons (Fsp3) is 0.941. The van der Waals surface area contributed by atoms with Gasteiger partial charge in [-0.25, -0.2) is 0 Å². The van der Waals surface area contributed by atoms with Crippen molar-refractivity contribution in [3.63, 3.8) is 0 Å². The minimum absolute atomic E-state index is 0.131. The van der Waals surface area contributed by atoms with Gasteiger partial charge in [-0.15, -0.1) is 0 Å². The van der Waals surface area contributed by atoms with Crippen molar-refractivity contribution in [1.82, 2.24) is 0 Å². The normalized spacial score (nSPS) is 42.2. The molecule has 0 amide bonds. The van der Waals surface area contributed by atoms with Gasteiger partial charge >= 0.3 is 0 Å². The summed E-state index contributed by atoms with van der Waals surface area (Å²) in [6.07, 6.45) is 9.20. The van der Waals surface area contributed by atoms with Gasteiger partial charge in [0.15, 0.2) is 0 Å². The summed E-state index contributed by atoms with van der Waals surface area (Å²) in [5.74, 6) is 4.72. The van der Waals surface area contributed by atoms with Crippen LogP contribution in [0.25, 0.3) is 0 Å². The van der Waals surface area contributed by atoms with E-state index in [0.29, 0.717) is 17.6 Å². The van der Waals surface area contributed by atoms with Gasteiger partial charge in [0.1, 0.15) is 5.78 Å². The summed E-state index contributed by atoms with van der Waals surface area (Å²) >= 11 is 2.03. The predicted molar refractivity (Wildman–Crippen MR) is 84.1 cm³/mol. The van der Waals surface area contributed by atoms with Crippen LogP contribution in [0.15, 0.2) is 0 Å². The number of carbonyl (C=O) groups excluding carboxylic acids is 1. The molecule has 1 aliphatic carbocycles. The van der Waals surface area contributed by atoms with Crippen molar-refractivity contribution >= 4 is 17.5 Å². The molecule has 2 nitrogen and oxygen atoms in total. The lowest BCUT2D eigenvalue weighted by Gasteiger charge is -2.42. The van der Waals surface area contributed by atoms with E-state index in [9.17, 15) is 4.79 Å². The average Bonchev–Trinajstić information content (AvgIpc) is 2.89. The monoisotopic (exact) mass is 296 g/mol. The minimum atomic E-state index is 0.131. The van der Waals surface area contributed by atoms with Crippen molar-refractivity contribution in [2.45, 2.75) is 63.9 Å². The molecule has 4 unspecified atom stereocenters. The molecule has 2 aliphatic heterocycles. The van der Waals surface area contributed by atoms with E-state index in [4.69, 9.17) is 4.74 Å². The van der Waals surface area contributed by atoms with Crippen LogP contribution in [0, 0.1) is 17.8 Å². The highest BCUT2D eigenvalue weighted by atomic mass is 32.2. The van der Waals surface area contributed by atoms with Crippen molar-refractivity contribution in [2.24, 2.45) is 17.8 Å². The van der Waals surface area contributed by atoms with Crippen LogP contribution in [-0.4, -0.2) is 29.5 Å². The molecule has 0 aromatic rings. The lowest BCUT2D eigenvalue weighted by Crippen LogP contribution is -2.44. The molecule has 2 saturated heterocycles. The quantitative estimate of drug-likeness (QED) is 0.785. The summed E-state index contributed by atoms with van der Waals surface area (Å²) in [7, 11) is 0. The zero-order valence-electron chi connectivity index (χ0n) is 12.7. The molecule has 0 aromatic carbocycles. The maximum absolute atomic E-state index is 12.4. The SMILES string of the molecule is CCCC1CCC(=O)C(C2CCOC3(CCSC3)C2)C1. The van der Waals surface area contributed by atoms with Crippen LogP contribution in [0.4, 0.5) is 0 Å². The molecule has 0 bridgehead atoms. The molecule has 1 saturated carbocycles. The number of ketones is 1. The van der Waals surface area contributed by atoms with Gasteiger partial charge in [-0.3, -0.25) is 4.79 Å². The summed E-state index contributed by atoms with van der Waals surface area (Å²) in [6, 6.07) is 0. The van der Waals surface area contributed by atoms with Crippen LogP contribution in [0.5, 0.6) is 0 Å². The van der Waals surface area contributed by atoms with Gasteiger partial charge in [0, 0.05) is 24.7 Å². The highest BCUT2D eigenvalue weighted by Gasteiger charge is 2.44. The Labute approximate surface area is 127 Å². The minimum Gasteiger partial charge on any atom is -0.374 e. The number of ether oxygens (including phenoxy) is 1. The third-order valence-corrected chi connectivity index (χ3v) is 6.89. The summed E-state index contributed by atoms with van der Waals surface area (Å²) in [4.78, 5) is 12.4. The van der Waals surface area contributed by atoms with Gasteiger partial charge in [-0.2, -0.15) is 11.8 Å². The first kappa shape index (κ1) is 14.9. The number of Topliss-reactive ketones (excluding diaryl/α,β-unsaturated/α-hetero) is 1. The van der Waals surface area contributed by atoms with Crippen molar-refractivity contribution in [3.05, 3.63) is 0 Å². The second-order valence-corrected chi connectivity index (χ2v) is 8.19. The molecule has 1 spiro atoms. The molecule has 3 fully saturated rings. The fourth-order valence-corrected chi connectivity index (χ4v) is 5.92. The molecule has 4 atom stereocenters. The smallest absolute Gasteiger partial charge is 0.136 e. The van der Waals surface area contributed by atoms with Crippen LogP contribution in [-0.2, 0) is 9.53 Å². The summed E-state index contributed by atoms with van der Waals surface area (Å²) < 4.78 is 6.12. The Morgan fingerprint density at radius 3 is 3.05 bits per heavy atom. The molecule has 0 aromatic heterocycles. The number of hydrogen-bond acceptors (Lipinski definition) is 3. The van der Waals surface area contributed by atoms with E-state index in [-0.39, 0.29) is 5.60 Å². The summed E-state index contributed by atoms with van der Waals surface area (Å²) in [5, 5.41) is 0. The molecular formula is C17H28O2S. The van der Waals surface area contributed by atoms with Crippen LogP contribution < -0.4 is 0 Å². The van der Waals surface area contributed by atoms with E-state index >= 15 is 0 Å². The van der Waals surface area contributed by atoms with Gasteiger partial charge in [-0.05, 0) is 49.7 Å². The Bertz CT molecular complexity index is 349. The molecule has 3 rings (SSSR count). The predicted octanol–water partition coefficient (Wildman–Crippen LogP) is 4.07. The van der Waals surface area contributed by atoms with Gasteiger partial charge in [0.2, 0.25) is 0 Å². The molecule has 20 heavy (non-hydrogen) atoms. The van der Waals surface area contributed by atoms with E-state index in [1.807, 2.05) is 11.8 Å². The third-order valence-electron chi connectivity index (χ3n) is 5.66. The molecule has 3 aliphatic rings. The Kier molecular flexibility index (Phi) is 4.76. The molecule has 0 radical (unpaired) electrons. The topological polar surface area (TPSA) is 26.3 Å². The summed E-state index contributed by atoms with van der Waals surface area (Å²) in [6.45, 7) is 3.15. The van der Waals surface area contributed by atoms with Crippen LogP contribution in [0.1, 0.15) is 58.3 Å². The number of hydrogen-bond donors (Lipinski definition) is 0. The molecular weight excluding hydrogens is 268 g/mol. The first-order valence-corrected chi connectivity index (χ1v) is 9.62. The average molecular weight is 296 g/mol. The van der Waals surface area contributed by atoms with Crippen molar-refractivity contribution in [2.75, 3.05) is 18.1 Å². The van der Waals surface area contributed by atoms with Gasteiger partial charge < -0.3 is 4.74 Å². The van der Waals surface area contributed by atoms with Crippen LogP contribution >= 0.6 is 11.8 Å². The van der Waals surface area contributed by atoms with E-state index in [0.717, 1.165) is 44.0 Å². The summed E-state index contributed by atoms with van der Waals surface area (Å²) in [5.41, 5.74) is 0.131. The van der Waals surface area contributed by atoms with E-state index in [1.54, 1.807) is 0 Å². The Morgan fingerprint density at radius 1 is 1.40 bits per heavy atom. The fourth-order valence-electron chi connectivity index (χ4n) is 4.54. The maximum atomic E-state index is 12.4. The number of rotatable bonds is 3. The van der Waals surface area contributed by atoms with Crippen molar-refractivity contribution < 1.29 is 9.53 Å². The van der Waals surface area contributed by atoms with Crippen molar-refractivity contribution in [1.29, 1.82) is 0 Å². The largest absolute Gasteiger partial charge is 0.374 e. The highest BCUT2D eigenvalue weighted by molar-refractivity contribution is 7.99. The lowest BCUT2D eigenvalue weighted by atomic mass is 9.68. The van der Waals surface area contributed by atoms with E-state index < -0.39 is 0 Å². The second-order valence-electron chi connectivity index (χ2n) is 7.09. The third kappa shape index (κ3) is 3.09. The second kappa shape index (κ2) is 6.39. The number of thioether (sulfide) groups is 1. The Morgan fingerprint density at radius 2 is 2.30 bits per heavy atom. The number of carbonyl (C=O) groups is 1. The van der Waals surface area contributed by atoms with E-state index in [2.05, 4.69) is 6.92 Å². The van der Waals surface area contributed by atoms with E-state index in [1.165, 1.54) is 31.4 Å². The highest BCUT2D eigenvalue weighted by Crippen LogP contribution is 2.45. The van der Waals surface area contributed by atoms with Gasteiger partial charge in [-0.1, -0.05) is 19.8 Å². The molecule has 2 heterocycles. The van der Waals surface area contributed by atoms with Gasteiger partial charge in [0.25, 0.3) is 0 Å². The zero-order chi connectivity index (χ0) is 14.0. The van der Waals surface area contributed by atoms with Crippen molar-refractivity contribution in [3.8, 4) is 0 Å². The lowest BCUT2D eigenvalue weighted by molar-refractivity contribution is -0.134. The molecule has 0 N–H and O–H groups in total. The Balaban J connectivity index is 1.65. The maximum Gasteiger partial charge on any atom is 0.136 e. The first-order chi connectivity index (χ1) is 9.72. The molecule has 114 valence electrons. The standard InChI is InChI=1S/C17H28O2S/c1-2-3-13-4-5-16(18)15(10-13)14-6-8-19-17(11-14)7-9-20-12-17/h13-15H,2-12H2,1H3. The first-order valence-electron chi connectivity index (χ1n) is 8.47. The van der Waals surface area contributed by atoms with Crippen LogP contribution in [0.2, 0.25) is 0 Å². The van der Waals surface area contributed by atoms with Crippen LogP contribution in [0.3, 0.4) is 0 Å². The van der Waals surface area contributed by atoms with Gasteiger partial charge in [0.05, 0.1) is 5.60 Å².